The van der Waals surface area contributed by atoms with Crippen molar-refractivity contribution in [2.45, 2.75) is 45.2 Å². The molecule has 2 heterocycles. The van der Waals surface area contributed by atoms with E-state index in [0.717, 1.165) is 5.69 Å². The molecule has 2 saturated heterocycles. The molecule has 3 N–H and O–H groups in total. The third kappa shape index (κ3) is 7.88. The zero-order valence-electron chi connectivity index (χ0n) is 24.0. The van der Waals surface area contributed by atoms with Crippen molar-refractivity contribution in [1.82, 2.24) is 20.0 Å². The lowest BCUT2D eigenvalue weighted by Crippen LogP contribution is -2.52. The Hall–Kier alpha value is -3.30. The van der Waals surface area contributed by atoms with E-state index in [1.165, 1.54) is 11.8 Å². The number of carbonyl (C=O) groups is 4. The van der Waals surface area contributed by atoms with Crippen molar-refractivity contribution in [2.75, 3.05) is 63.0 Å². The van der Waals surface area contributed by atoms with Gasteiger partial charge in [-0.25, -0.2) is 0 Å². The van der Waals surface area contributed by atoms with Gasteiger partial charge in [0, 0.05) is 62.6 Å². The second-order valence-electron chi connectivity index (χ2n) is 11.0. The molecule has 2 aliphatic heterocycles. The van der Waals surface area contributed by atoms with Gasteiger partial charge in [-0.1, -0.05) is 26.8 Å². The fraction of sp³-hybridized carbons (Fsp3) is 0.607. The maximum Gasteiger partial charge on any atom is 0.240 e. The topological polar surface area (TPSA) is 138 Å². The number of benzene rings is 1. The average molecular weight is 572 g/mol. The van der Waals surface area contributed by atoms with Crippen molar-refractivity contribution in [2.24, 2.45) is 11.3 Å². The fourth-order valence-corrected chi connectivity index (χ4v) is 6.29. The summed E-state index contributed by atoms with van der Waals surface area (Å²) in [6, 6.07) is 9.35. The summed E-state index contributed by atoms with van der Waals surface area (Å²) in [6.07, 6.45) is 0. The van der Waals surface area contributed by atoms with Crippen LogP contribution in [0.4, 0.5) is 11.4 Å². The molecule has 1 aromatic carbocycles. The van der Waals surface area contributed by atoms with Gasteiger partial charge in [0.2, 0.25) is 23.6 Å². The Morgan fingerprint density at radius 2 is 1.80 bits per heavy atom. The third-order valence-corrected chi connectivity index (χ3v) is 8.38. The van der Waals surface area contributed by atoms with Crippen molar-refractivity contribution >= 4 is 46.8 Å². The molecule has 11 nitrogen and oxygen atoms in total. The number of rotatable bonds is 10. The van der Waals surface area contributed by atoms with Crippen molar-refractivity contribution < 1.29 is 19.2 Å². The summed E-state index contributed by atoms with van der Waals surface area (Å²) in [5, 5.41) is 17.5. The highest BCUT2D eigenvalue weighted by atomic mass is 32.2. The van der Waals surface area contributed by atoms with Crippen LogP contribution in [0.15, 0.2) is 24.3 Å². The predicted octanol–water partition coefficient (Wildman–Crippen LogP) is 1.79. The Morgan fingerprint density at radius 1 is 1.12 bits per heavy atom. The molecule has 40 heavy (non-hydrogen) atoms. The van der Waals surface area contributed by atoms with Crippen LogP contribution in [-0.4, -0.2) is 101 Å². The number of hydrogen-bond donors (Lipinski definition) is 3. The van der Waals surface area contributed by atoms with Crippen LogP contribution in [0.1, 0.15) is 34.6 Å². The van der Waals surface area contributed by atoms with Gasteiger partial charge < -0.3 is 25.8 Å². The van der Waals surface area contributed by atoms with Crippen LogP contribution in [0.25, 0.3) is 0 Å². The summed E-state index contributed by atoms with van der Waals surface area (Å²) in [4.78, 5) is 56.1. The Balaban J connectivity index is 1.52. The minimum Gasteiger partial charge on any atom is -0.383 e. The summed E-state index contributed by atoms with van der Waals surface area (Å²) in [7, 11) is 0. The van der Waals surface area contributed by atoms with Crippen LogP contribution in [0.2, 0.25) is 0 Å². The van der Waals surface area contributed by atoms with Crippen LogP contribution in [0.3, 0.4) is 0 Å². The molecule has 0 aliphatic carbocycles. The molecule has 0 bridgehead atoms. The molecule has 0 saturated carbocycles. The van der Waals surface area contributed by atoms with Crippen LogP contribution in [-0.2, 0) is 19.2 Å². The van der Waals surface area contributed by atoms with Crippen molar-refractivity contribution in [1.29, 1.82) is 5.26 Å². The highest BCUT2D eigenvalue weighted by Crippen LogP contribution is 2.36. The van der Waals surface area contributed by atoms with Gasteiger partial charge >= 0.3 is 0 Å². The van der Waals surface area contributed by atoms with Gasteiger partial charge in [0.15, 0.2) is 5.92 Å². The molecule has 4 amide bonds. The van der Waals surface area contributed by atoms with Gasteiger partial charge in [-0.05, 0) is 32.0 Å². The zero-order valence-corrected chi connectivity index (χ0v) is 24.8. The largest absolute Gasteiger partial charge is 0.383 e. The van der Waals surface area contributed by atoms with Crippen LogP contribution in [0.5, 0.6) is 0 Å². The summed E-state index contributed by atoms with van der Waals surface area (Å²) in [6.45, 7) is 13.3. The second kappa shape index (κ2) is 13.9. The van der Waals surface area contributed by atoms with E-state index in [2.05, 4.69) is 22.0 Å². The Bertz CT molecular complexity index is 1120. The summed E-state index contributed by atoms with van der Waals surface area (Å²) in [5.41, 5.74) is 0.965. The van der Waals surface area contributed by atoms with E-state index in [1.807, 2.05) is 55.7 Å². The molecule has 2 aliphatic rings. The van der Waals surface area contributed by atoms with E-state index in [1.54, 1.807) is 17.9 Å². The van der Waals surface area contributed by atoms with E-state index in [0.29, 0.717) is 51.5 Å². The monoisotopic (exact) mass is 571 g/mol. The molecule has 2 fully saturated rings. The highest BCUT2D eigenvalue weighted by Gasteiger charge is 2.45. The van der Waals surface area contributed by atoms with Gasteiger partial charge in [-0.15, -0.1) is 11.8 Å². The first-order valence-corrected chi connectivity index (χ1v) is 14.7. The van der Waals surface area contributed by atoms with Gasteiger partial charge in [0.05, 0.1) is 12.6 Å². The van der Waals surface area contributed by atoms with E-state index in [-0.39, 0.29) is 30.2 Å². The number of amides is 4. The lowest BCUT2D eigenvalue weighted by molar-refractivity contribution is -0.141. The SMILES string of the molecule is CCNC(=O)C(C#N)C1SC(CNc2cccc(NC(=O)CN3CCN(C(=O)C(C)(C)C)CC3)c2)C(=O)N1CC. The third-order valence-electron chi connectivity index (χ3n) is 6.87. The maximum absolute atomic E-state index is 13.0. The number of nitriles is 1. The van der Waals surface area contributed by atoms with Crippen molar-refractivity contribution in [3.05, 3.63) is 24.3 Å². The number of nitrogens with one attached hydrogen (secondary N) is 3. The van der Waals surface area contributed by atoms with Crippen molar-refractivity contribution in [3.8, 4) is 6.07 Å². The number of anilines is 2. The van der Waals surface area contributed by atoms with Crippen molar-refractivity contribution in [3.63, 3.8) is 0 Å². The Labute approximate surface area is 241 Å². The number of carbonyl (C=O) groups excluding carboxylic acids is 4. The first kappa shape index (κ1) is 31.2. The molecule has 218 valence electrons. The molecular formula is C28H41N7O4S. The number of piperazine rings is 1. The predicted molar refractivity (Wildman–Crippen MR) is 156 cm³/mol. The number of hydrogen-bond acceptors (Lipinski definition) is 8. The first-order valence-electron chi connectivity index (χ1n) is 13.8. The molecule has 0 radical (unpaired) electrons. The Kier molecular flexibility index (Phi) is 10.8. The van der Waals surface area contributed by atoms with E-state index < -0.39 is 22.0 Å². The van der Waals surface area contributed by atoms with Crippen LogP contribution < -0.4 is 16.0 Å². The molecule has 12 heteroatoms. The number of thioether (sulfide) groups is 1. The molecule has 1 aromatic rings. The summed E-state index contributed by atoms with van der Waals surface area (Å²) >= 11 is 1.33. The van der Waals surface area contributed by atoms with E-state index >= 15 is 0 Å². The zero-order chi connectivity index (χ0) is 29.4. The minimum absolute atomic E-state index is 0.108. The van der Waals surface area contributed by atoms with Gasteiger partial charge in [-0.2, -0.15) is 5.26 Å². The van der Waals surface area contributed by atoms with Gasteiger partial charge in [0.25, 0.3) is 0 Å². The molecular weight excluding hydrogens is 530 g/mol. The fourth-order valence-electron chi connectivity index (χ4n) is 4.78. The first-order chi connectivity index (χ1) is 19.0. The maximum atomic E-state index is 13.0. The second-order valence-corrected chi connectivity index (χ2v) is 12.3. The molecule has 3 unspecified atom stereocenters. The van der Waals surface area contributed by atoms with E-state index in [9.17, 15) is 24.4 Å². The molecule has 0 spiro atoms. The average Bonchev–Trinajstić information content (AvgIpc) is 3.22. The summed E-state index contributed by atoms with van der Waals surface area (Å²) < 4.78 is 0. The lowest BCUT2D eigenvalue weighted by atomic mass is 9.94. The number of nitrogens with zero attached hydrogens (tertiary/aromatic N) is 4. The smallest absolute Gasteiger partial charge is 0.240 e. The van der Waals surface area contributed by atoms with Gasteiger partial charge in [-0.3, -0.25) is 24.1 Å². The standard InChI is InChI=1S/C28H41N7O4S/c1-6-30-24(37)21(16-29)26-35(7-2)25(38)22(40-26)17-31-19-9-8-10-20(15-19)32-23(36)18-33-11-13-34(14-12-33)27(39)28(3,4)5/h8-10,15,21-22,26,31H,6-7,11-14,17-18H2,1-5H3,(H,30,37)(H,32,36). The minimum atomic E-state index is -0.945. The molecule has 3 atom stereocenters. The van der Waals surface area contributed by atoms with Gasteiger partial charge in [0.1, 0.15) is 10.6 Å². The lowest BCUT2D eigenvalue weighted by Gasteiger charge is -2.37. The summed E-state index contributed by atoms with van der Waals surface area (Å²) in [5.74, 6) is -1.43. The molecule has 0 aromatic heterocycles. The van der Waals surface area contributed by atoms with Crippen LogP contribution in [0, 0.1) is 22.7 Å². The molecule has 3 rings (SSSR count). The Morgan fingerprint density at radius 3 is 2.40 bits per heavy atom. The van der Waals surface area contributed by atoms with Crippen LogP contribution >= 0.6 is 11.8 Å². The highest BCUT2D eigenvalue weighted by molar-refractivity contribution is 8.01. The normalized spacial score (nSPS) is 20.6. The quantitative estimate of drug-likeness (QED) is 0.387. The van der Waals surface area contributed by atoms with E-state index in [4.69, 9.17) is 0 Å².